The van der Waals surface area contributed by atoms with Crippen molar-refractivity contribution in [1.82, 2.24) is 10.6 Å². The summed E-state index contributed by atoms with van der Waals surface area (Å²) in [6, 6.07) is 0.895. The topological polar surface area (TPSA) is 24.1 Å². The van der Waals surface area contributed by atoms with E-state index in [1.807, 2.05) is 0 Å². The van der Waals surface area contributed by atoms with Gasteiger partial charge >= 0.3 is 0 Å². The maximum atomic E-state index is 3.56. The number of hydrogen-bond acceptors (Lipinski definition) is 2. The van der Waals surface area contributed by atoms with Crippen molar-refractivity contribution in [2.45, 2.75) is 38.1 Å². The average molecular weight is 168 g/mol. The van der Waals surface area contributed by atoms with Crippen molar-refractivity contribution in [3.63, 3.8) is 0 Å². The molecular weight excluding hydrogens is 148 g/mol. The largest absolute Gasteiger partial charge is 0.316 e. The summed E-state index contributed by atoms with van der Waals surface area (Å²) in [5.74, 6) is 0.978. The van der Waals surface area contributed by atoms with Crippen LogP contribution >= 0.6 is 0 Å². The van der Waals surface area contributed by atoms with E-state index >= 15 is 0 Å². The van der Waals surface area contributed by atoms with Crippen LogP contribution in [0.25, 0.3) is 0 Å². The molecule has 0 amide bonds. The van der Waals surface area contributed by atoms with E-state index in [2.05, 4.69) is 10.6 Å². The molecule has 1 heterocycles. The van der Waals surface area contributed by atoms with E-state index in [0.717, 1.165) is 12.0 Å². The van der Waals surface area contributed by atoms with Gasteiger partial charge in [-0.05, 0) is 57.7 Å². The molecule has 1 aliphatic carbocycles. The van der Waals surface area contributed by atoms with Crippen LogP contribution in [0, 0.1) is 5.92 Å². The van der Waals surface area contributed by atoms with Crippen molar-refractivity contribution in [2.24, 2.45) is 5.92 Å². The minimum Gasteiger partial charge on any atom is -0.316 e. The van der Waals surface area contributed by atoms with Crippen molar-refractivity contribution in [3.05, 3.63) is 0 Å². The fraction of sp³-hybridized carbons (Fsp3) is 1.00. The van der Waals surface area contributed by atoms with Crippen LogP contribution < -0.4 is 10.6 Å². The Morgan fingerprint density at radius 1 is 1.25 bits per heavy atom. The minimum atomic E-state index is 0.895. The Balaban J connectivity index is 1.44. The first-order chi connectivity index (χ1) is 5.95. The predicted molar refractivity (Wildman–Crippen MR) is 51.2 cm³/mol. The first-order valence-electron chi connectivity index (χ1n) is 5.39. The second-order valence-electron chi connectivity index (χ2n) is 4.23. The molecule has 12 heavy (non-hydrogen) atoms. The lowest BCUT2D eigenvalue weighted by Gasteiger charge is -2.07. The van der Waals surface area contributed by atoms with Gasteiger partial charge in [0.1, 0.15) is 0 Å². The highest BCUT2D eigenvalue weighted by atomic mass is 14.9. The summed E-state index contributed by atoms with van der Waals surface area (Å²) in [6.07, 6.45) is 7.05. The van der Waals surface area contributed by atoms with Crippen LogP contribution in [0.3, 0.4) is 0 Å². The zero-order valence-corrected chi connectivity index (χ0v) is 7.81. The molecule has 0 bridgehead atoms. The van der Waals surface area contributed by atoms with Gasteiger partial charge in [0, 0.05) is 6.04 Å². The molecule has 0 radical (unpaired) electrons. The van der Waals surface area contributed by atoms with Crippen LogP contribution in [-0.2, 0) is 0 Å². The quantitative estimate of drug-likeness (QED) is 0.601. The summed E-state index contributed by atoms with van der Waals surface area (Å²) in [5, 5.41) is 6.97. The average Bonchev–Trinajstić information content (AvgIpc) is 2.76. The first kappa shape index (κ1) is 8.52. The van der Waals surface area contributed by atoms with Crippen molar-refractivity contribution < 1.29 is 0 Å². The Labute approximate surface area is 75.1 Å². The summed E-state index contributed by atoms with van der Waals surface area (Å²) in [5.41, 5.74) is 0. The normalized spacial score (nSPS) is 29.5. The maximum absolute atomic E-state index is 3.56. The van der Waals surface area contributed by atoms with Gasteiger partial charge in [-0.15, -0.1) is 0 Å². The Bertz CT molecular complexity index is 126. The summed E-state index contributed by atoms with van der Waals surface area (Å²) >= 11 is 0. The molecule has 2 N–H and O–H groups in total. The Morgan fingerprint density at radius 3 is 2.83 bits per heavy atom. The molecule has 1 atom stereocenters. The standard InChI is InChI=1S/C10H20N2/c1(6-12-10-3-4-10)2-9-5-7-11-8-9/h9-12H,1-8H2. The second-order valence-corrected chi connectivity index (χ2v) is 4.23. The molecule has 2 heteroatoms. The van der Waals surface area contributed by atoms with E-state index in [1.54, 1.807) is 0 Å². The zero-order valence-electron chi connectivity index (χ0n) is 7.81. The molecule has 1 unspecified atom stereocenters. The number of hydrogen-bond donors (Lipinski definition) is 2. The maximum Gasteiger partial charge on any atom is 0.00682 e. The number of rotatable bonds is 5. The van der Waals surface area contributed by atoms with Gasteiger partial charge in [0.25, 0.3) is 0 Å². The number of nitrogens with one attached hydrogen (secondary N) is 2. The Kier molecular flexibility index (Phi) is 3.01. The van der Waals surface area contributed by atoms with Crippen molar-refractivity contribution in [2.75, 3.05) is 19.6 Å². The summed E-state index contributed by atoms with van der Waals surface area (Å²) < 4.78 is 0. The summed E-state index contributed by atoms with van der Waals surface area (Å²) in [7, 11) is 0. The fourth-order valence-electron chi connectivity index (χ4n) is 1.95. The molecule has 0 aromatic rings. The van der Waals surface area contributed by atoms with Gasteiger partial charge in [-0.25, -0.2) is 0 Å². The lowest BCUT2D eigenvalue weighted by atomic mass is 10.0. The van der Waals surface area contributed by atoms with Crippen molar-refractivity contribution in [3.8, 4) is 0 Å². The summed E-state index contributed by atoms with van der Waals surface area (Å²) in [6.45, 7) is 3.77. The lowest BCUT2D eigenvalue weighted by Crippen LogP contribution is -2.18. The van der Waals surface area contributed by atoms with E-state index in [4.69, 9.17) is 0 Å². The molecule has 0 aromatic carbocycles. The van der Waals surface area contributed by atoms with E-state index in [9.17, 15) is 0 Å². The highest BCUT2D eigenvalue weighted by Gasteiger charge is 2.20. The molecule has 1 aliphatic heterocycles. The van der Waals surface area contributed by atoms with Crippen molar-refractivity contribution in [1.29, 1.82) is 0 Å². The van der Waals surface area contributed by atoms with Gasteiger partial charge < -0.3 is 10.6 Å². The molecule has 70 valence electrons. The SMILES string of the molecule is C(CNC1CC1)CC1CCNC1. The summed E-state index contributed by atoms with van der Waals surface area (Å²) in [4.78, 5) is 0. The van der Waals surface area contributed by atoms with Gasteiger partial charge in [-0.2, -0.15) is 0 Å². The molecule has 0 aromatic heterocycles. The zero-order chi connectivity index (χ0) is 8.23. The first-order valence-corrected chi connectivity index (χ1v) is 5.39. The van der Waals surface area contributed by atoms with Gasteiger partial charge in [0.05, 0.1) is 0 Å². The van der Waals surface area contributed by atoms with Gasteiger partial charge in [0.15, 0.2) is 0 Å². The van der Waals surface area contributed by atoms with Crippen LogP contribution in [0.4, 0.5) is 0 Å². The van der Waals surface area contributed by atoms with Crippen LogP contribution in [0.15, 0.2) is 0 Å². The minimum absolute atomic E-state index is 0.895. The van der Waals surface area contributed by atoms with Crippen LogP contribution in [0.1, 0.15) is 32.1 Å². The third-order valence-corrected chi connectivity index (χ3v) is 2.96. The van der Waals surface area contributed by atoms with E-state index in [1.165, 1.54) is 51.7 Å². The van der Waals surface area contributed by atoms with E-state index < -0.39 is 0 Å². The Hall–Kier alpha value is -0.0800. The molecule has 1 saturated carbocycles. The van der Waals surface area contributed by atoms with Crippen LogP contribution in [0.2, 0.25) is 0 Å². The second kappa shape index (κ2) is 4.24. The van der Waals surface area contributed by atoms with Crippen molar-refractivity contribution >= 4 is 0 Å². The van der Waals surface area contributed by atoms with E-state index in [-0.39, 0.29) is 0 Å². The third kappa shape index (κ3) is 2.76. The Morgan fingerprint density at radius 2 is 2.17 bits per heavy atom. The molecule has 2 aliphatic rings. The lowest BCUT2D eigenvalue weighted by molar-refractivity contribution is 0.492. The highest BCUT2D eigenvalue weighted by molar-refractivity contribution is 4.80. The molecule has 2 fully saturated rings. The molecule has 2 rings (SSSR count). The molecule has 2 nitrogen and oxygen atoms in total. The smallest absolute Gasteiger partial charge is 0.00682 e. The monoisotopic (exact) mass is 168 g/mol. The van der Waals surface area contributed by atoms with Crippen LogP contribution in [-0.4, -0.2) is 25.7 Å². The predicted octanol–water partition coefficient (Wildman–Crippen LogP) is 1.13. The van der Waals surface area contributed by atoms with Gasteiger partial charge in [0.2, 0.25) is 0 Å². The van der Waals surface area contributed by atoms with Crippen LogP contribution in [0.5, 0.6) is 0 Å². The fourth-order valence-corrected chi connectivity index (χ4v) is 1.95. The molecule has 1 saturated heterocycles. The highest BCUT2D eigenvalue weighted by Crippen LogP contribution is 2.19. The van der Waals surface area contributed by atoms with Gasteiger partial charge in [-0.1, -0.05) is 0 Å². The third-order valence-electron chi connectivity index (χ3n) is 2.96. The van der Waals surface area contributed by atoms with E-state index in [0.29, 0.717) is 0 Å². The van der Waals surface area contributed by atoms with Gasteiger partial charge in [-0.3, -0.25) is 0 Å². The molecule has 0 spiro atoms. The molecular formula is C10H20N2.